The van der Waals surface area contributed by atoms with Crippen molar-refractivity contribution in [3.63, 3.8) is 0 Å². The fourth-order valence-electron chi connectivity index (χ4n) is 0.575. The van der Waals surface area contributed by atoms with Gasteiger partial charge in [-0.25, -0.2) is 0 Å². The van der Waals surface area contributed by atoms with E-state index in [1.54, 1.807) is 6.92 Å². The van der Waals surface area contributed by atoms with Crippen molar-refractivity contribution in [1.82, 2.24) is 5.10 Å². The zero-order valence-electron chi connectivity index (χ0n) is 4.84. The number of H-pyrrole nitrogens is 2. The summed E-state index contributed by atoms with van der Waals surface area (Å²) in [7, 11) is 0. The highest BCUT2D eigenvalue weighted by Gasteiger charge is 2.14. The monoisotopic (exact) mass is 128 g/mol. The highest BCUT2D eigenvalue weighted by molar-refractivity contribution is 5.27. The summed E-state index contributed by atoms with van der Waals surface area (Å²) in [4.78, 5) is 9.61. The highest BCUT2D eigenvalue weighted by Crippen LogP contribution is 2.09. The van der Waals surface area contributed by atoms with Crippen molar-refractivity contribution >= 4 is 5.69 Å². The van der Waals surface area contributed by atoms with E-state index in [1.807, 2.05) is 0 Å². The Labute approximate surface area is 50.8 Å². The molecule has 0 saturated heterocycles. The third-order valence-corrected chi connectivity index (χ3v) is 1.05. The van der Waals surface area contributed by atoms with Gasteiger partial charge in [0.25, 0.3) is 6.20 Å². The summed E-state index contributed by atoms with van der Waals surface area (Å²) >= 11 is 0. The number of rotatable bonds is 1. The lowest BCUT2D eigenvalue weighted by atomic mass is 10.4. The largest absolute Gasteiger partial charge is 0.358 e. The second-order valence-corrected chi connectivity index (χ2v) is 1.68. The first-order valence-corrected chi connectivity index (χ1v) is 2.42. The third kappa shape index (κ3) is 0.883. The maximum absolute atomic E-state index is 10.0. The van der Waals surface area contributed by atoms with E-state index in [9.17, 15) is 10.1 Å². The van der Waals surface area contributed by atoms with Crippen LogP contribution in [0.4, 0.5) is 5.69 Å². The molecule has 0 amide bonds. The molecule has 5 heteroatoms. The summed E-state index contributed by atoms with van der Waals surface area (Å²) in [6, 6.07) is 0. The van der Waals surface area contributed by atoms with Crippen molar-refractivity contribution in [2.75, 3.05) is 0 Å². The molecule has 0 unspecified atom stereocenters. The summed E-state index contributed by atoms with van der Waals surface area (Å²) in [5, 5.41) is 15.1. The zero-order chi connectivity index (χ0) is 6.85. The molecule has 48 valence electrons. The fraction of sp³-hybridized carbons (Fsp3) is 0.250. The summed E-state index contributed by atoms with van der Waals surface area (Å²) < 4.78 is 0. The highest BCUT2D eigenvalue weighted by atomic mass is 16.6. The van der Waals surface area contributed by atoms with Gasteiger partial charge in [0.1, 0.15) is 0 Å². The zero-order valence-corrected chi connectivity index (χ0v) is 4.84. The van der Waals surface area contributed by atoms with Gasteiger partial charge in [0.2, 0.25) is 0 Å². The van der Waals surface area contributed by atoms with Crippen molar-refractivity contribution in [1.29, 1.82) is 0 Å². The van der Waals surface area contributed by atoms with Crippen LogP contribution >= 0.6 is 0 Å². The molecule has 0 aromatic carbocycles. The first-order chi connectivity index (χ1) is 4.22. The van der Waals surface area contributed by atoms with Gasteiger partial charge in [0.15, 0.2) is 5.69 Å². The Kier molecular flexibility index (Phi) is 1.18. The van der Waals surface area contributed by atoms with Gasteiger partial charge >= 0.3 is 5.69 Å². The average molecular weight is 128 g/mol. The van der Waals surface area contributed by atoms with Gasteiger partial charge in [-0.15, -0.1) is 5.10 Å². The van der Waals surface area contributed by atoms with Gasteiger partial charge in [0.05, 0.1) is 4.92 Å². The number of hydrogen-bond acceptors (Lipinski definition) is 2. The van der Waals surface area contributed by atoms with Crippen molar-refractivity contribution < 1.29 is 10.0 Å². The molecule has 0 saturated carbocycles. The molecule has 0 aliphatic carbocycles. The van der Waals surface area contributed by atoms with Gasteiger partial charge in [-0.05, 0) is 6.92 Å². The molecule has 5 nitrogen and oxygen atoms in total. The molecule has 0 aliphatic heterocycles. The van der Waals surface area contributed by atoms with E-state index in [1.165, 1.54) is 6.20 Å². The minimum atomic E-state index is -0.442. The molecule has 1 aromatic heterocycles. The lowest BCUT2D eigenvalue weighted by Crippen LogP contribution is -1.97. The minimum absolute atomic E-state index is 0.0926. The topological polar surface area (TPSA) is 73.1 Å². The van der Waals surface area contributed by atoms with Crippen LogP contribution in [0.5, 0.6) is 0 Å². The smallest absolute Gasteiger partial charge is 0.258 e. The first-order valence-electron chi connectivity index (χ1n) is 2.42. The van der Waals surface area contributed by atoms with E-state index in [2.05, 4.69) is 10.2 Å². The Balaban J connectivity index is 3.08. The molecule has 1 rings (SSSR count). The second-order valence-electron chi connectivity index (χ2n) is 1.68. The second kappa shape index (κ2) is 1.85. The molecule has 0 bridgehead atoms. The maximum atomic E-state index is 10.0. The first kappa shape index (κ1) is 5.74. The Bertz CT molecular complexity index is 229. The van der Waals surface area contributed by atoms with Crippen LogP contribution in [0, 0.1) is 17.0 Å². The van der Waals surface area contributed by atoms with Crippen LogP contribution in [0.15, 0.2) is 6.20 Å². The van der Waals surface area contributed by atoms with Crippen molar-refractivity contribution in [3.05, 3.63) is 22.0 Å². The summed E-state index contributed by atoms with van der Waals surface area (Å²) in [6.45, 7) is 1.63. The van der Waals surface area contributed by atoms with Gasteiger partial charge < -0.3 is 0 Å². The minimum Gasteiger partial charge on any atom is -0.258 e. The van der Waals surface area contributed by atoms with E-state index in [-0.39, 0.29) is 5.69 Å². The van der Waals surface area contributed by atoms with E-state index in [4.69, 9.17) is 0 Å². The predicted octanol–water partition coefficient (Wildman–Crippen LogP) is 0.0454. The molecule has 1 aromatic rings. The van der Waals surface area contributed by atoms with Crippen molar-refractivity contribution in [2.24, 2.45) is 0 Å². The van der Waals surface area contributed by atoms with Crippen LogP contribution in [0.1, 0.15) is 5.69 Å². The summed E-state index contributed by atoms with van der Waals surface area (Å²) in [5.74, 6) is 0. The van der Waals surface area contributed by atoms with Crippen molar-refractivity contribution in [3.8, 4) is 0 Å². The summed E-state index contributed by atoms with van der Waals surface area (Å²) in [5.41, 5.74) is 0.634. The quantitative estimate of drug-likeness (QED) is 0.428. The normalized spacial score (nSPS) is 9.44. The fourth-order valence-corrected chi connectivity index (χ4v) is 0.575. The Hall–Kier alpha value is -1.39. The van der Waals surface area contributed by atoms with Gasteiger partial charge in [0, 0.05) is 0 Å². The molecule has 0 atom stereocenters. The molecular weight excluding hydrogens is 122 g/mol. The predicted molar refractivity (Wildman–Crippen MR) is 28.7 cm³/mol. The number of hydrogen-bond donors (Lipinski definition) is 1. The van der Waals surface area contributed by atoms with E-state index in [0.29, 0.717) is 5.69 Å². The summed E-state index contributed by atoms with van der Waals surface area (Å²) in [6.07, 6.45) is 1.31. The molecule has 0 radical (unpaired) electrons. The van der Waals surface area contributed by atoms with Crippen molar-refractivity contribution in [2.45, 2.75) is 6.92 Å². The molecule has 0 fully saturated rings. The number of aryl methyl sites for hydroxylation is 1. The number of nitrogens with zero attached hydrogens (tertiary/aromatic N) is 1. The van der Waals surface area contributed by atoms with E-state index in [0.717, 1.165) is 0 Å². The van der Waals surface area contributed by atoms with E-state index >= 15 is 0 Å². The standard InChI is InChI=1S/C4H5N3O2/c1-3-4(7(8)9)2-5-6-3/h2H,1H3,(H,5,6)/p+1. The molecule has 1 heterocycles. The molecular formula is C4H6N3O2+. The van der Waals surface area contributed by atoms with Crippen LogP contribution in [0.25, 0.3) is 0 Å². The van der Waals surface area contributed by atoms with Gasteiger partial charge in [-0.3, -0.25) is 10.1 Å². The van der Waals surface area contributed by atoms with E-state index < -0.39 is 4.92 Å². The lowest BCUT2D eigenvalue weighted by Gasteiger charge is -1.79. The van der Waals surface area contributed by atoms with Crippen LogP contribution in [0.2, 0.25) is 0 Å². The third-order valence-electron chi connectivity index (χ3n) is 1.05. The number of aromatic nitrogens is 2. The number of nitrogens with one attached hydrogen (secondary N) is 2. The Morgan fingerprint density at radius 1 is 1.89 bits per heavy atom. The molecule has 0 aliphatic rings. The van der Waals surface area contributed by atoms with Gasteiger partial charge in [-0.2, -0.15) is 5.10 Å². The Morgan fingerprint density at radius 3 is 2.78 bits per heavy atom. The lowest BCUT2D eigenvalue weighted by molar-refractivity contribution is -0.457. The molecule has 9 heavy (non-hydrogen) atoms. The number of aromatic amines is 2. The average Bonchev–Trinajstić information content (AvgIpc) is 2.13. The maximum Gasteiger partial charge on any atom is 0.358 e. The molecule has 2 N–H and O–H groups in total. The van der Waals surface area contributed by atoms with Gasteiger partial charge in [-0.1, -0.05) is 0 Å². The van der Waals surface area contributed by atoms with Crippen LogP contribution in [0.3, 0.4) is 0 Å². The van der Waals surface area contributed by atoms with Crippen LogP contribution in [-0.4, -0.2) is 10.0 Å². The Morgan fingerprint density at radius 2 is 2.56 bits per heavy atom. The molecule has 0 spiro atoms. The van der Waals surface area contributed by atoms with Crippen LogP contribution < -0.4 is 5.10 Å². The SMILES string of the molecule is Cc1[nH][nH+]cc1[N+](=O)[O-]. The van der Waals surface area contributed by atoms with Crippen LogP contribution in [-0.2, 0) is 0 Å². The number of nitro groups is 1.